The Labute approximate surface area is 139 Å². The van der Waals surface area contributed by atoms with Crippen molar-refractivity contribution in [3.05, 3.63) is 57.5 Å². The molecule has 0 saturated heterocycles. The third kappa shape index (κ3) is 3.20. The van der Waals surface area contributed by atoms with Crippen LogP contribution in [-0.4, -0.2) is 17.0 Å². The Balaban J connectivity index is 1.80. The minimum Gasteiger partial charge on any atom is -0.494 e. The number of methoxy groups -OCH3 is 1. The van der Waals surface area contributed by atoms with Crippen LogP contribution in [-0.2, 0) is 6.54 Å². The van der Waals surface area contributed by atoms with Gasteiger partial charge in [0.05, 0.1) is 35.2 Å². The Kier molecular flexibility index (Phi) is 4.43. The number of nitrogens with one attached hydrogen (secondary N) is 1. The highest BCUT2D eigenvalue weighted by Crippen LogP contribution is 2.32. The Bertz CT molecular complexity index is 864. The maximum atomic E-state index is 13.6. The van der Waals surface area contributed by atoms with Crippen molar-refractivity contribution >= 4 is 22.7 Å². The summed E-state index contributed by atoms with van der Waals surface area (Å²) < 4.78 is 23.9. The number of aromatic nitrogens is 1. The molecule has 0 amide bonds. The summed E-state index contributed by atoms with van der Waals surface area (Å²) in [5.74, 6) is -0.397. The van der Waals surface area contributed by atoms with Crippen molar-refractivity contribution in [3.8, 4) is 16.5 Å². The van der Waals surface area contributed by atoms with E-state index >= 15 is 0 Å². The van der Waals surface area contributed by atoms with E-state index < -0.39 is 10.7 Å². The first-order valence-corrected chi connectivity index (χ1v) is 7.70. The number of oxazole rings is 1. The summed E-state index contributed by atoms with van der Waals surface area (Å²) in [7, 11) is 1.29. The van der Waals surface area contributed by atoms with Crippen LogP contribution in [0.2, 0.25) is 0 Å². The normalized spacial score (nSPS) is 10.6. The first-order valence-electron chi connectivity index (χ1n) is 6.82. The molecule has 0 aliphatic heterocycles. The van der Waals surface area contributed by atoms with Crippen LogP contribution in [0.5, 0.6) is 5.75 Å². The molecule has 0 spiro atoms. The number of anilines is 1. The van der Waals surface area contributed by atoms with E-state index in [9.17, 15) is 14.5 Å². The second-order valence-corrected chi connectivity index (χ2v) is 5.68. The van der Waals surface area contributed by atoms with Crippen molar-refractivity contribution in [1.29, 1.82) is 0 Å². The van der Waals surface area contributed by atoms with Gasteiger partial charge in [-0.1, -0.05) is 6.07 Å². The van der Waals surface area contributed by atoms with Gasteiger partial charge in [0.15, 0.2) is 11.6 Å². The van der Waals surface area contributed by atoms with E-state index in [0.29, 0.717) is 11.6 Å². The number of rotatable bonds is 6. The van der Waals surface area contributed by atoms with Crippen LogP contribution in [0.4, 0.5) is 15.8 Å². The fourth-order valence-corrected chi connectivity index (χ4v) is 2.73. The summed E-state index contributed by atoms with van der Waals surface area (Å²) in [5, 5.41) is 15.8. The monoisotopic (exact) mass is 349 g/mol. The van der Waals surface area contributed by atoms with Gasteiger partial charge < -0.3 is 14.5 Å². The van der Waals surface area contributed by atoms with E-state index in [1.165, 1.54) is 30.8 Å². The van der Waals surface area contributed by atoms with E-state index in [1.54, 1.807) is 0 Å². The maximum Gasteiger partial charge on any atom is 0.295 e. The van der Waals surface area contributed by atoms with Gasteiger partial charge in [0.2, 0.25) is 5.89 Å². The molecule has 124 valence electrons. The van der Waals surface area contributed by atoms with Gasteiger partial charge in [-0.15, -0.1) is 11.3 Å². The van der Waals surface area contributed by atoms with Crippen LogP contribution < -0.4 is 10.1 Å². The molecule has 0 aliphatic rings. The molecule has 3 rings (SSSR count). The number of nitrogens with zero attached hydrogens (tertiary/aromatic N) is 2. The molecule has 0 aliphatic carbocycles. The largest absolute Gasteiger partial charge is 0.494 e. The van der Waals surface area contributed by atoms with Gasteiger partial charge in [-0.3, -0.25) is 10.1 Å². The average molecular weight is 349 g/mol. The minimum absolute atomic E-state index is 0.0810. The summed E-state index contributed by atoms with van der Waals surface area (Å²) >= 11 is 1.49. The van der Waals surface area contributed by atoms with Gasteiger partial charge in [-0.2, -0.15) is 0 Å². The highest BCUT2D eigenvalue weighted by Gasteiger charge is 2.19. The number of ether oxygens (including phenoxy) is 1. The average Bonchev–Trinajstić information content (AvgIpc) is 3.24. The van der Waals surface area contributed by atoms with Gasteiger partial charge in [0.1, 0.15) is 12.0 Å². The molecule has 0 bridgehead atoms. The molecule has 24 heavy (non-hydrogen) atoms. The molecule has 1 N–H and O–H groups in total. The number of benzene rings is 1. The van der Waals surface area contributed by atoms with Crippen molar-refractivity contribution in [2.24, 2.45) is 0 Å². The summed E-state index contributed by atoms with van der Waals surface area (Å²) in [6.45, 7) is 0.185. The number of halogens is 1. The summed E-state index contributed by atoms with van der Waals surface area (Å²) in [5.41, 5.74) is 0.324. The third-order valence-electron chi connectivity index (χ3n) is 3.21. The molecule has 0 unspecified atom stereocenters. The summed E-state index contributed by atoms with van der Waals surface area (Å²) in [6.07, 6.45) is 1.47. The van der Waals surface area contributed by atoms with E-state index in [1.807, 2.05) is 17.5 Å². The van der Waals surface area contributed by atoms with Gasteiger partial charge in [0, 0.05) is 6.07 Å². The van der Waals surface area contributed by atoms with E-state index in [2.05, 4.69) is 10.3 Å². The molecule has 2 heterocycles. The number of nitro benzene ring substituents is 1. The van der Waals surface area contributed by atoms with Gasteiger partial charge in [-0.05, 0) is 11.4 Å². The zero-order chi connectivity index (χ0) is 17.1. The van der Waals surface area contributed by atoms with Crippen molar-refractivity contribution in [1.82, 2.24) is 4.98 Å². The molecular weight excluding hydrogens is 337 g/mol. The van der Waals surface area contributed by atoms with Crippen LogP contribution in [0.25, 0.3) is 10.8 Å². The minimum atomic E-state index is -0.795. The zero-order valence-corrected chi connectivity index (χ0v) is 13.3. The lowest BCUT2D eigenvalue weighted by Gasteiger charge is -2.08. The lowest BCUT2D eigenvalue weighted by atomic mass is 10.2. The van der Waals surface area contributed by atoms with Crippen LogP contribution >= 0.6 is 11.3 Å². The van der Waals surface area contributed by atoms with Crippen molar-refractivity contribution in [3.63, 3.8) is 0 Å². The Morgan fingerprint density at radius 3 is 3.00 bits per heavy atom. The molecule has 0 radical (unpaired) electrons. The predicted molar refractivity (Wildman–Crippen MR) is 86.7 cm³/mol. The first kappa shape index (κ1) is 15.9. The van der Waals surface area contributed by atoms with E-state index in [0.717, 1.165) is 10.9 Å². The molecule has 0 atom stereocenters. The zero-order valence-electron chi connectivity index (χ0n) is 12.5. The number of nitro groups is 1. The van der Waals surface area contributed by atoms with Crippen LogP contribution in [0.3, 0.4) is 0 Å². The Hall–Kier alpha value is -2.94. The van der Waals surface area contributed by atoms with Crippen molar-refractivity contribution in [2.75, 3.05) is 12.4 Å². The number of hydrogen-bond donors (Lipinski definition) is 1. The predicted octanol–water partition coefficient (Wildman–Crippen LogP) is 4.07. The third-order valence-corrected chi connectivity index (χ3v) is 4.07. The van der Waals surface area contributed by atoms with Crippen molar-refractivity contribution < 1.29 is 18.5 Å². The van der Waals surface area contributed by atoms with E-state index in [-0.39, 0.29) is 23.7 Å². The molecule has 9 heteroatoms. The van der Waals surface area contributed by atoms with Gasteiger partial charge in [0.25, 0.3) is 5.69 Å². The standard InChI is InChI=1S/C15H12FN3O4S/c1-22-13-6-11(12(19(20)21)5-10(13)16)17-7-9-8-23-15(18-9)14-3-2-4-24-14/h2-6,8,17H,7H2,1H3. The van der Waals surface area contributed by atoms with Crippen molar-refractivity contribution in [2.45, 2.75) is 6.54 Å². The molecule has 0 fully saturated rings. The summed E-state index contributed by atoms with van der Waals surface area (Å²) in [4.78, 5) is 15.6. The topological polar surface area (TPSA) is 90.4 Å². The molecule has 2 aromatic heterocycles. The van der Waals surface area contributed by atoms with Gasteiger partial charge in [-0.25, -0.2) is 9.37 Å². The second-order valence-electron chi connectivity index (χ2n) is 4.74. The lowest BCUT2D eigenvalue weighted by Crippen LogP contribution is -2.04. The fraction of sp³-hybridized carbons (Fsp3) is 0.133. The Morgan fingerprint density at radius 1 is 1.50 bits per heavy atom. The highest BCUT2D eigenvalue weighted by molar-refractivity contribution is 7.13. The summed E-state index contributed by atoms with van der Waals surface area (Å²) in [6, 6.07) is 5.83. The molecule has 0 saturated carbocycles. The SMILES string of the molecule is COc1cc(NCc2coc(-c3cccs3)n2)c([N+](=O)[O-])cc1F. The molecule has 3 aromatic rings. The van der Waals surface area contributed by atoms with E-state index in [4.69, 9.17) is 9.15 Å². The maximum absolute atomic E-state index is 13.6. The van der Waals surface area contributed by atoms with Gasteiger partial charge >= 0.3 is 0 Å². The van der Waals surface area contributed by atoms with Crippen LogP contribution in [0.15, 0.2) is 40.3 Å². The lowest BCUT2D eigenvalue weighted by molar-refractivity contribution is -0.384. The smallest absolute Gasteiger partial charge is 0.295 e. The quantitative estimate of drug-likeness (QED) is 0.533. The molecular formula is C15H12FN3O4S. The Morgan fingerprint density at radius 2 is 2.33 bits per heavy atom. The van der Waals surface area contributed by atoms with Crippen LogP contribution in [0.1, 0.15) is 5.69 Å². The second kappa shape index (κ2) is 6.67. The van der Waals surface area contributed by atoms with Crippen LogP contribution in [0, 0.1) is 15.9 Å². The molecule has 1 aromatic carbocycles. The molecule has 7 nitrogen and oxygen atoms in total. The fourth-order valence-electron chi connectivity index (χ4n) is 2.08. The highest BCUT2D eigenvalue weighted by atomic mass is 32.1. The number of hydrogen-bond acceptors (Lipinski definition) is 7. The number of thiophene rings is 1. The first-order chi connectivity index (χ1) is 11.6.